The summed E-state index contributed by atoms with van der Waals surface area (Å²) in [6.07, 6.45) is 2.80. The molecule has 1 aromatic heterocycles. The van der Waals surface area contributed by atoms with E-state index in [9.17, 15) is 18.8 Å². The summed E-state index contributed by atoms with van der Waals surface area (Å²) in [7, 11) is 0. The van der Waals surface area contributed by atoms with Crippen molar-refractivity contribution in [2.75, 3.05) is 44.2 Å². The third-order valence-corrected chi connectivity index (χ3v) is 10.9. The molecule has 4 heterocycles. The number of benzene rings is 2. The zero-order valence-corrected chi connectivity index (χ0v) is 25.8. The summed E-state index contributed by atoms with van der Waals surface area (Å²) in [6.45, 7) is 4.56. The Balaban J connectivity index is 1.22. The molecule has 0 unspecified atom stereocenters. The van der Waals surface area contributed by atoms with E-state index < -0.39 is 41.1 Å². The van der Waals surface area contributed by atoms with Gasteiger partial charge in [0, 0.05) is 38.0 Å². The Morgan fingerprint density at radius 3 is 2.85 bits per heavy atom. The summed E-state index contributed by atoms with van der Waals surface area (Å²) in [5.74, 6) is -2.47. The first-order valence-corrected chi connectivity index (χ1v) is 16.3. The third kappa shape index (κ3) is 4.93. The summed E-state index contributed by atoms with van der Waals surface area (Å²) in [4.78, 5) is 26.7. The lowest BCUT2D eigenvalue weighted by molar-refractivity contribution is -0.131. The molecule has 3 saturated heterocycles. The molecule has 47 heavy (non-hydrogen) atoms. The second-order valence-corrected chi connectivity index (χ2v) is 13.7. The van der Waals surface area contributed by atoms with Crippen LogP contribution in [0.3, 0.4) is 0 Å². The number of aromatic nitrogens is 2. The molecule has 4 fully saturated rings. The SMILES string of the molecule is C=C(F)C(=O)N1CCN(c2nc(OC[C@@]34CCCN3C[C@H](F)C4)nc3c(F)c(-c4cccc5c4C[C@H]4C[C@@H]54)c(F)cc23)C[C@@H]1CC#N. The molecule has 0 spiro atoms. The minimum absolute atomic E-state index is 0.0350. The number of alkyl halides is 1. The van der Waals surface area contributed by atoms with Crippen molar-refractivity contribution in [3.05, 3.63) is 59.4 Å². The minimum Gasteiger partial charge on any atom is -0.461 e. The summed E-state index contributed by atoms with van der Waals surface area (Å²) in [5.41, 5.74) is 1.85. The number of halogens is 4. The fourth-order valence-electron chi connectivity index (χ4n) is 8.64. The van der Waals surface area contributed by atoms with Crippen molar-refractivity contribution >= 4 is 22.6 Å². The molecule has 1 saturated carbocycles. The molecule has 8 rings (SSSR count). The van der Waals surface area contributed by atoms with E-state index in [0.717, 1.165) is 43.4 Å². The molecule has 0 N–H and O–H groups in total. The molecular weight excluding hydrogens is 612 g/mol. The molecule has 8 nitrogen and oxygen atoms in total. The smallest absolute Gasteiger partial charge is 0.319 e. The van der Waals surface area contributed by atoms with Crippen molar-refractivity contribution in [1.82, 2.24) is 19.8 Å². The molecule has 2 aliphatic carbocycles. The van der Waals surface area contributed by atoms with Crippen molar-refractivity contribution in [3.63, 3.8) is 0 Å². The van der Waals surface area contributed by atoms with Gasteiger partial charge < -0.3 is 14.5 Å². The van der Waals surface area contributed by atoms with E-state index in [0.29, 0.717) is 30.4 Å². The standard InChI is InChI=1S/C35H34F4N6O2/c1-19(36)33(46)45-11-10-43(17-22(45)6-8-40)32-27-14-28(38)29(24-5-2-4-23-25-12-20(25)13-26(23)24)30(39)31(27)41-34(42-32)47-18-35-7-3-9-44(35)16-21(37)15-35/h2,4-5,14,20-22,25H,1,3,6-7,9-13,15-18H2/t20-,21-,22+,25-,35+/m1/s1. The number of hydrogen-bond acceptors (Lipinski definition) is 7. The number of carbonyl (C=O) groups excluding carboxylic acids is 1. The number of anilines is 1. The van der Waals surface area contributed by atoms with Gasteiger partial charge in [0.15, 0.2) is 11.6 Å². The van der Waals surface area contributed by atoms with Gasteiger partial charge in [0.2, 0.25) is 0 Å². The summed E-state index contributed by atoms with van der Waals surface area (Å²) >= 11 is 0. The molecule has 0 bridgehead atoms. The van der Waals surface area contributed by atoms with E-state index in [-0.39, 0.29) is 61.0 Å². The van der Waals surface area contributed by atoms with Crippen molar-refractivity contribution < 1.29 is 27.1 Å². The van der Waals surface area contributed by atoms with E-state index in [1.807, 2.05) is 18.2 Å². The number of piperazine rings is 1. The lowest BCUT2D eigenvalue weighted by Gasteiger charge is -2.41. The predicted molar refractivity (Wildman–Crippen MR) is 166 cm³/mol. The van der Waals surface area contributed by atoms with Crippen LogP contribution in [-0.2, 0) is 11.2 Å². The Kier molecular flexibility index (Phi) is 7.17. The van der Waals surface area contributed by atoms with E-state index in [1.165, 1.54) is 11.0 Å². The highest BCUT2D eigenvalue weighted by molar-refractivity contribution is 5.95. The second kappa shape index (κ2) is 11.2. The summed E-state index contributed by atoms with van der Waals surface area (Å²) < 4.78 is 67.4. The summed E-state index contributed by atoms with van der Waals surface area (Å²) in [5, 5.41) is 9.61. The number of nitrogens with zero attached hydrogens (tertiary/aromatic N) is 6. The first-order chi connectivity index (χ1) is 22.7. The van der Waals surface area contributed by atoms with Gasteiger partial charge in [0.1, 0.15) is 29.9 Å². The zero-order valence-electron chi connectivity index (χ0n) is 25.8. The minimum atomic E-state index is -1.13. The number of rotatable bonds is 7. The highest BCUT2D eigenvalue weighted by Gasteiger charge is 2.50. The molecule has 12 heteroatoms. The highest BCUT2D eigenvalue weighted by atomic mass is 19.1. The lowest BCUT2D eigenvalue weighted by Crippen LogP contribution is -2.55. The van der Waals surface area contributed by atoms with Gasteiger partial charge in [-0.1, -0.05) is 24.8 Å². The number of carbonyl (C=O) groups is 1. The van der Waals surface area contributed by atoms with Crippen LogP contribution in [-0.4, -0.2) is 82.8 Å². The maximum atomic E-state index is 16.8. The summed E-state index contributed by atoms with van der Waals surface area (Å²) in [6, 6.07) is 8.06. The van der Waals surface area contributed by atoms with Crippen LogP contribution < -0.4 is 9.64 Å². The first-order valence-electron chi connectivity index (χ1n) is 16.3. The fraction of sp³-hybridized carbons (Fsp3) is 0.486. The van der Waals surface area contributed by atoms with Crippen molar-refractivity contribution in [2.45, 2.75) is 62.2 Å². The zero-order chi connectivity index (χ0) is 32.6. The van der Waals surface area contributed by atoms with Crippen LogP contribution in [0.5, 0.6) is 6.01 Å². The molecule has 5 aliphatic rings. The number of amides is 1. The molecule has 3 aliphatic heterocycles. The van der Waals surface area contributed by atoms with Gasteiger partial charge in [0.25, 0.3) is 5.91 Å². The van der Waals surface area contributed by atoms with Gasteiger partial charge in [-0.3, -0.25) is 9.69 Å². The van der Waals surface area contributed by atoms with Crippen LogP contribution in [0.2, 0.25) is 0 Å². The van der Waals surface area contributed by atoms with Crippen molar-refractivity contribution in [2.24, 2.45) is 5.92 Å². The van der Waals surface area contributed by atoms with Crippen LogP contribution in [0.1, 0.15) is 49.1 Å². The average molecular weight is 647 g/mol. The largest absolute Gasteiger partial charge is 0.461 e. The molecule has 1 amide bonds. The lowest BCUT2D eigenvalue weighted by atomic mass is 9.93. The Hall–Kier alpha value is -4.24. The maximum absolute atomic E-state index is 16.8. The van der Waals surface area contributed by atoms with Gasteiger partial charge in [-0.15, -0.1) is 0 Å². The van der Waals surface area contributed by atoms with Gasteiger partial charge >= 0.3 is 6.01 Å². The Morgan fingerprint density at radius 1 is 1.19 bits per heavy atom. The highest BCUT2D eigenvalue weighted by Crippen LogP contribution is 2.58. The van der Waals surface area contributed by atoms with Crippen molar-refractivity contribution in [1.29, 1.82) is 5.26 Å². The van der Waals surface area contributed by atoms with Crippen molar-refractivity contribution in [3.8, 4) is 23.2 Å². The quantitative estimate of drug-likeness (QED) is 0.244. The molecule has 0 radical (unpaired) electrons. The van der Waals surface area contributed by atoms with E-state index in [2.05, 4.69) is 21.4 Å². The van der Waals surface area contributed by atoms with Crippen LogP contribution in [0.4, 0.5) is 23.4 Å². The maximum Gasteiger partial charge on any atom is 0.319 e. The average Bonchev–Trinajstić information content (AvgIpc) is 3.39. The van der Waals surface area contributed by atoms with Crippen LogP contribution in [0, 0.1) is 28.9 Å². The second-order valence-electron chi connectivity index (χ2n) is 13.7. The van der Waals surface area contributed by atoms with Gasteiger partial charge in [-0.05, 0) is 66.8 Å². The number of ether oxygens (including phenoxy) is 1. The number of nitriles is 1. The van der Waals surface area contributed by atoms with Gasteiger partial charge in [-0.25, -0.2) is 17.6 Å². The molecule has 3 aromatic rings. The number of hydrogen-bond donors (Lipinski definition) is 0. The molecular formula is C35H34F4N6O2. The Labute approximate surface area is 269 Å². The molecule has 2 aromatic carbocycles. The van der Waals surface area contributed by atoms with E-state index in [1.54, 1.807) is 11.0 Å². The van der Waals surface area contributed by atoms with E-state index >= 15 is 8.78 Å². The van der Waals surface area contributed by atoms with Crippen LogP contribution in [0.15, 0.2) is 36.7 Å². The third-order valence-electron chi connectivity index (χ3n) is 10.9. The monoisotopic (exact) mass is 646 g/mol. The number of fused-ring (bicyclic) bond motifs is 5. The van der Waals surface area contributed by atoms with Gasteiger partial charge in [-0.2, -0.15) is 15.2 Å². The fourth-order valence-corrected chi connectivity index (χ4v) is 8.64. The first kappa shape index (κ1) is 30.1. The normalized spacial score (nSPS) is 27.8. The van der Waals surface area contributed by atoms with Crippen LogP contribution >= 0.6 is 0 Å². The van der Waals surface area contributed by atoms with Gasteiger partial charge in [0.05, 0.1) is 29.6 Å². The predicted octanol–water partition coefficient (Wildman–Crippen LogP) is 5.60. The molecule has 5 atom stereocenters. The Bertz CT molecular complexity index is 1860. The molecule has 244 valence electrons. The Morgan fingerprint density at radius 2 is 2.04 bits per heavy atom. The van der Waals surface area contributed by atoms with E-state index in [4.69, 9.17) is 4.74 Å². The van der Waals surface area contributed by atoms with Crippen LogP contribution in [0.25, 0.3) is 22.0 Å². The topological polar surface area (TPSA) is 85.6 Å².